The van der Waals surface area contributed by atoms with Crippen LogP contribution in [0.15, 0.2) is 10.6 Å². The van der Waals surface area contributed by atoms with Crippen LogP contribution in [0.2, 0.25) is 0 Å². The van der Waals surface area contributed by atoms with E-state index >= 15 is 0 Å². The maximum Gasteiger partial charge on any atom is -0.0200 e. The third-order valence-electron chi connectivity index (χ3n) is 1.11. The fourth-order valence-corrected chi connectivity index (χ4v) is 0.739. The first-order valence-corrected chi connectivity index (χ1v) is 3.98. The molecule has 0 saturated heterocycles. The topological polar surface area (TPSA) is 0 Å². The first kappa shape index (κ1) is 8.22. The van der Waals surface area contributed by atoms with Gasteiger partial charge in [0.25, 0.3) is 0 Å². The van der Waals surface area contributed by atoms with E-state index in [2.05, 4.69) is 29.8 Å². The zero-order valence-corrected chi connectivity index (χ0v) is 7.16. The van der Waals surface area contributed by atoms with Gasteiger partial charge in [0.2, 0.25) is 0 Å². The maximum absolute atomic E-state index is 3.28. The minimum Gasteiger partial charge on any atom is -0.0664 e. The van der Waals surface area contributed by atoms with Crippen molar-refractivity contribution in [2.75, 3.05) is 0 Å². The molecule has 0 bridgehead atoms. The van der Waals surface area contributed by atoms with Gasteiger partial charge in [-0.05, 0) is 24.8 Å². The number of hydrogen-bond acceptors (Lipinski definition) is 0. The summed E-state index contributed by atoms with van der Waals surface area (Å²) in [5, 5.41) is 0. The Bertz CT molecular complexity index is 74.5. The smallest absolute Gasteiger partial charge is 0.0200 e. The van der Waals surface area contributed by atoms with E-state index < -0.39 is 0 Å². The van der Waals surface area contributed by atoms with Gasteiger partial charge in [0, 0.05) is 0 Å². The van der Waals surface area contributed by atoms with Crippen LogP contribution < -0.4 is 0 Å². The second-order valence-electron chi connectivity index (χ2n) is 2.06. The highest BCUT2D eigenvalue weighted by molar-refractivity contribution is 9.11. The first-order chi connectivity index (χ1) is 3.81. The summed E-state index contributed by atoms with van der Waals surface area (Å²) in [4.78, 5) is 2.00. The minimum atomic E-state index is 1.24. The van der Waals surface area contributed by atoms with Crippen molar-refractivity contribution in [1.82, 2.24) is 0 Å². The lowest BCUT2D eigenvalue weighted by atomic mass is 10.2. The normalized spacial score (nSPS) is 12.1. The Morgan fingerprint density at radius 3 is 2.62 bits per heavy atom. The third-order valence-corrected chi connectivity index (χ3v) is 1.89. The van der Waals surface area contributed by atoms with Crippen molar-refractivity contribution in [2.24, 2.45) is 0 Å². The zero-order valence-electron chi connectivity index (χ0n) is 5.58. The van der Waals surface area contributed by atoms with Gasteiger partial charge in [0.1, 0.15) is 0 Å². The summed E-state index contributed by atoms with van der Waals surface area (Å²) >= 11 is 3.28. The van der Waals surface area contributed by atoms with Crippen LogP contribution in [0.25, 0.3) is 0 Å². The molecule has 0 rings (SSSR count). The van der Waals surface area contributed by atoms with Crippen LogP contribution in [0, 0.1) is 0 Å². The van der Waals surface area contributed by atoms with Gasteiger partial charge < -0.3 is 0 Å². The van der Waals surface area contributed by atoms with E-state index in [1.807, 2.05) is 4.99 Å². The number of allylic oxidation sites excluding steroid dienone is 1. The highest BCUT2D eigenvalue weighted by Crippen LogP contribution is 2.07. The number of hydrogen-bond donors (Lipinski definition) is 0. The lowest BCUT2D eigenvalue weighted by Crippen LogP contribution is -1.73. The Morgan fingerprint density at radius 1 is 1.62 bits per heavy atom. The molecule has 0 atom stereocenters. The monoisotopic (exact) mass is 176 g/mol. The van der Waals surface area contributed by atoms with Crippen LogP contribution in [0.5, 0.6) is 0 Å². The number of halogens is 1. The molecule has 0 aromatic rings. The van der Waals surface area contributed by atoms with Crippen LogP contribution in [-0.4, -0.2) is 0 Å². The molecule has 0 spiro atoms. The average molecular weight is 177 g/mol. The van der Waals surface area contributed by atoms with Crippen molar-refractivity contribution in [2.45, 2.75) is 33.1 Å². The second kappa shape index (κ2) is 5.36. The van der Waals surface area contributed by atoms with E-state index in [1.165, 1.54) is 24.8 Å². The molecule has 0 nitrogen and oxygen atoms in total. The summed E-state index contributed by atoms with van der Waals surface area (Å²) in [6, 6.07) is 0. The highest BCUT2D eigenvalue weighted by atomic mass is 79.9. The molecule has 0 unspecified atom stereocenters. The molecule has 0 aliphatic rings. The maximum atomic E-state index is 3.28. The largest absolute Gasteiger partial charge is 0.0664 e. The molecular weight excluding hydrogens is 164 g/mol. The summed E-state index contributed by atoms with van der Waals surface area (Å²) in [7, 11) is 0. The molecule has 0 radical (unpaired) electrons. The molecule has 0 aliphatic heterocycles. The molecule has 1 heteroatoms. The van der Waals surface area contributed by atoms with Crippen LogP contribution in [0.1, 0.15) is 33.1 Å². The van der Waals surface area contributed by atoms with Crippen molar-refractivity contribution in [3.63, 3.8) is 0 Å². The molecule has 0 aliphatic carbocycles. The molecule has 0 heterocycles. The van der Waals surface area contributed by atoms with E-state index in [4.69, 9.17) is 0 Å². The molecule has 0 fully saturated rings. The van der Waals surface area contributed by atoms with Gasteiger partial charge in [-0.1, -0.05) is 34.8 Å². The Hall–Kier alpha value is 0.220. The van der Waals surface area contributed by atoms with Crippen LogP contribution in [-0.2, 0) is 0 Å². The molecule has 48 valence electrons. The summed E-state index contributed by atoms with van der Waals surface area (Å²) in [5.74, 6) is 0. The molecule has 0 amide bonds. The van der Waals surface area contributed by atoms with Gasteiger partial charge in [-0.3, -0.25) is 0 Å². The van der Waals surface area contributed by atoms with E-state index in [0.717, 1.165) is 0 Å². The molecular formula is C7H13Br. The van der Waals surface area contributed by atoms with Gasteiger partial charge in [0.05, 0.1) is 0 Å². The standard InChI is InChI=1S/C7H13Br/c1-3-4-5-7(2)6-8/h6H,3-5H2,1-2H3/b7-6-. The van der Waals surface area contributed by atoms with Crippen molar-refractivity contribution < 1.29 is 0 Å². The van der Waals surface area contributed by atoms with Crippen molar-refractivity contribution in [3.8, 4) is 0 Å². The van der Waals surface area contributed by atoms with Crippen molar-refractivity contribution >= 4 is 15.9 Å². The molecule has 0 N–H and O–H groups in total. The Kier molecular flexibility index (Phi) is 5.51. The Morgan fingerprint density at radius 2 is 2.25 bits per heavy atom. The summed E-state index contributed by atoms with van der Waals surface area (Å²) in [6.45, 7) is 4.35. The van der Waals surface area contributed by atoms with E-state index in [-0.39, 0.29) is 0 Å². The third kappa shape index (κ3) is 4.38. The number of rotatable bonds is 3. The van der Waals surface area contributed by atoms with E-state index in [0.29, 0.717) is 0 Å². The minimum absolute atomic E-state index is 1.24. The Balaban J connectivity index is 3.12. The summed E-state index contributed by atoms with van der Waals surface area (Å²) in [5.41, 5.74) is 1.44. The van der Waals surface area contributed by atoms with Crippen LogP contribution in [0.3, 0.4) is 0 Å². The summed E-state index contributed by atoms with van der Waals surface area (Å²) < 4.78 is 0. The van der Waals surface area contributed by atoms with Crippen LogP contribution in [0.4, 0.5) is 0 Å². The van der Waals surface area contributed by atoms with Gasteiger partial charge in [0.15, 0.2) is 0 Å². The average Bonchev–Trinajstić information content (AvgIpc) is 1.83. The molecule has 0 saturated carbocycles. The van der Waals surface area contributed by atoms with Gasteiger partial charge in [-0.25, -0.2) is 0 Å². The first-order valence-electron chi connectivity index (χ1n) is 3.07. The lowest BCUT2D eigenvalue weighted by Gasteiger charge is -1.93. The van der Waals surface area contributed by atoms with E-state index in [1.54, 1.807) is 0 Å². The molecule has 8 heavy (non-hydrogen) atoms. The van der Waals surface area contributed by atoms with Crippen molar-refractivity contribution in [3.05, 3.63) is 10.6 Å². The van der Waals surface area contributed by atoms with Gasteiger partial charge in [-0.15, -0.1) is 0 Å². The SMILES string of the molecule is CCCC/C(C)=C\Br. The predicted molar refractivity (Wildman–Crippen MR) is 42.2 cm³/mol. The van der Waals surface area contributed by atoms with Gasteiger partial charge in [-0.2, -0.15) is 0 Å². The predicted octanol–water partition coefficient (Wildman–Crippen LogP) is 3.48. The van der Waals surface area contributed by atoms with Crippen LogP contribution >= 0.6 is 15.9 Å². The summed E-state index contributed by atoms with van der Waals surface area (Å²) in [6.07, 6.45) is 3.84. The highest BCUT2D eigenvalue weighted by Gasteiger charge is 1.84. The lowest BCUT2D eigenvalue weighted by molar-refractivity contribution is 0.789. The fraction of sp³-hybridized carbons (Fsp3) is 0.714. The van der Waals surface area contributed by atoms with Gasteiger partial charge >= 0.3 is 0 Å². The quantitative estimate of drug-likeness (QED) is 0.619. The number of unbranched alkanes of at least 4 members (excludes halogenated alkanes) is 1. The zero-order chi connectivity index (χ0) is 6.41. The second-order valence-corrected chi connectivity index (χ2v) is 2.52. The fourth-order valence-electron chi connectivity index (χ4n) is 0.510. The van der Waals surface area contributed by atoms with Crippen molar-refractivity contribution in [1.29, 1.82) is 0 Å². The Labute approximate surface area is 60.1 Å². The molecule has 0 aromatic carbocycles. The van der Waals surface area contributed by atoms with E-state index in [9.17, 15) is 0 Å². The molecule has 0 aromatic heterocycles.